The Kier molecular flexibility index (Phi) is 7.90. The third kappa shape index (κ3) is 5.45. The Balaban J connectivity index is 0.00000364. The summed E-state index contributed by atoms with van der Waals surface area (Å²) in [5.41, 5.74) is -1.07. The standard InChI is InChI=1S/C15H12NO8S2.K/c1-9-5-7-10(8-6-9)25(21,22)16-26(23,24)13-11(14(17)18)3-2-4-12(13)15(19)20;/h2-8H,1H3,(H,17,18)(H,19,20);/q-1;+1. The number of hydrogen-bond donors (Lipinski definition) is 2. The fourth-order valence-corrected chi connectivity index (χ4v) is 5.09. The van der Waals surface area contributed by atoms with Crippen LogP contribution in [0.1, 0.15) is 26.3 Å². The molecule has 2 N–H and O–H groups in total. The number of rotatable bonds is 6. The second-order valence-corrected chi connectivity index (χ2v) is 8.51. The van der Waals surface area contributed by atoms with E-state index in [0.717, 1.165) is 35.9 Å². The molecular weight excluding hydrogens is 425 g/mol. The second-order valence-electron chi connectivity index (χ2n) is 5.13. The first-order chi connectivity index (χ1) is 12.0. The summed E-state index contributed by atoms with van der Waals surface area (Å²) in [6.45, 7) is 1.69. The van der Waals surface area contributed by atoms with Gasteiger partial charge in [0, 0.05) is 4.90 Å². The number of sulfonamides is 2. The molecule has 0 aromatic heterocycles. The van der Waals surface area contributed by atoms with Crippen LogP contribution in [0.4, 0.5) is 0 Å². The molecule has 0 bridgehead atoms. The van der Waals surface area contributed by atoms with E-state index in [0.29, 0.717) is 0 Å². The van der Waals surface area contributed by atoms with E-state index < -0.39 is 52.9 Å². The molecule has 138 valence electrons. The van der Waals surface area contributed by atoms with Crippen LogP contribution in [0.2, 0.25) is 0 Å². The zero-order valence-electron chi connectivity index (χ0n) is 14.1. The average Bonchev–Trinajstić information content (AvgIpc) is 2.53. The van der Waals surface area contributed by atoms with Crippen molar-refractivity contribution in [2.45, 2.75) is 16.7 Å². The minimum Gasteiger partial charge on any atom is -0.478 e. The molecule has 0 aliphatic carbocycles. The van der Waals surface area contributed by atoms with Crippen LogP contribution in [0.5, 0.6) is 0 Å². The molecule has 12 heteroatoms. The van der Waals surface area contributed by atoms with E-state index in [-0.39, 0.29) is 51.4 Å². The summed E-state index contributed by atoms with van der Waals surface area (Å²) in [5.74, 6) is -3.48. The molecule has 0 aliphatic heterocycles. The van der Waals surface area contributed by atoms with Gasteiger partial charge in [0.25, 0.3) is 0 Å². The summed E-state index contributed by atoms with van der Waals surface area (Å²) in [7, 11) is -9.87. The van der Waals surface area contributed by atoms with Gasteiger partial charge in [0.2, 0.25) is 0 Å². The van der Waals surface area contributed by atoms with Crippen molar-refractivity contribution in [3.63, 3.8) is 0 Å². The summed E-state index contributed by atoms with van der Waals surface area (Å²) in [4.78, 5) is 20.9. The van der Waals surface area contributed by atoms with E-state index in [1.807, 2.05) is 0 Å². The van der Waals surface area contributed by atoms with E-state index in [4.69, 9.17) is 10.2 Å². The van der Waals surface area contributed by atoms with E-state index in [9.17, 15) is 26.4 Å². The van der Waals surface area contributed by atoms with Gasteiger partial charge in [-0.15, -0.1) is 0 Å². The second kappa shape index (κ2) is 8.92. The molecule has 0 fully saturated rings. The zero-order chi connectivity index (χ0) is 19.7. The molecule has 27 heavy (non-hydrogen) atoms. The van der Waals surface area contributed by atoms with Crippen molar-refractivity contribution < 1.29 is 88.0 Å². The molecule has 0 saturated carbocycles. The number of carboxylic acids is 2. The van der Waals surface area contributed by atoms with Gasteiger partial charge in [-0.2, -0.15) is 0 Å². The summed E-state index contributed by atoms with van der Waals surface area (Å²) < 4.78 is 52.3. The number of aryl methyl sites for hydroxylation is 1. The van der Waals surface area contributed by atoms with Crippen molar-refractivity contribution in [1.82, 2.24) is 0 Å². The zero-order valence-corrected chi connectivity index (χ0v) is 18.9. The normalized spacial score (nSPS) is 11.4. The predicted molar refractivity (Wildman–Crippen MR) is 89.3 cm³/mol. The fourth-order valence-electron chi connectivity index (χ4n) is 2.07. The summed E-state index contributed by atoms with van der Waals surface area (Å²) in [6.07, 6.45) is 0. The average molecular weight is 437 g/mol. The van der Waals surface area contributed by atoms with Crippen molar-refractivity contribution in [3.8, 4) is 0 Å². The molecule has 0 spiro atoms. The largest absolute Gasteiger partial charge is 1.00 e. The summed E-state index contributed by atoms with van der Waals surface area (Å²) in [6, 6.07) is 7.81. The molecule has 2 aromatic carbocycles. The van der Waals surface area contributed by atoms with Crippen LogP contribution in [0.15, 0.2) is 52.3 Å². The van der Waals surface area contributed by atoms with Crippen molar-refractivity contribution in [3.05, 3.63) is 63.3 Å². The molecule has 0 heterocycles. The van der Waals surface area contributed by atoms with E-state index in [2.05, 4.69) is 4.13 Å². The van der Waals surface area contributed by atoms with Gasteiger partial charge in [-0.3, -0.25) is 0 Å². The van der Waals surface area contributed by atoms with Crippen molar-refractivity contribution in [1.29, 1.82) is 0 Å². The number of carbonyl (C=O) groups is 2. The number of aromatic carboxylic acids is 2. The Morgan fingerprint density at radius 2 is 1.26 bits per heavy atom. The van der Waals surface area contributed by atoms with Gasteiger partial charge < -0.3 is 14.3 Å². The number of nitrogens with zero attached hydrogens (tertiary/aromatic N) is 1. The molecular formula is C15H12KNO8S2. The van der Waals surface area contributed by atoms with Crippen molar-refractivity contribution >= 4 is 32.0 Å². The molecule has 0 atom stereocenters. The number of carboxylic acid groups (broad SMARTS) is 2. The van der Waals surface area contributed by atoms with Gasteiger partial charge in [-0.05, 0) is 31.2 Å². The van der Waals surface area contributed by atoms with Gasteiger partial charge in [0.05, 0.1) is 16.0 Å². The van der Waals surface area contributed by atoms with Crippen LogP contribution in [0.3, 0.4) is 0 Å². The topological polar surface area (TPSA) is 157 Å². The van der Waals surface area contributed by atoms with Crippen LogP contribution < -0.4 is 51.4 Å². The van der Waals surface area contributed by atoms with Gasteiger partial charge in [-0.25, -0.2) is 26.4 Å². The molecule has 9 nitrogen and oxygen atoms in total. The first-order valence-corrected chi connectivity index (χ1v) is 9.74. The minimum absolute atomic E-state index is 0. The van der Waals surface area contributed by atoms with Gasteiger partial charge in [0.1, 0.15) is 20.0 Å². The van der Waals surface area contributed by atoms with Crippen molar-refractivity contribution in [2.75, 3.05) is 0 Å². The quantitative estimate of drug-likeness (QED) is 0.536. The van der Waals surface area contributed by atoms with Crippen molar-refractivity contribution in [2.24, 2.45) is 0 Å². The maximum atomic E-state index is 12.5. The Morgan fingerprint density at radius 1 is 0.815 bits per heavy atom. The smallest absolute Gasteiger partial charge is 0.478 e. The molecule has 0 saturated heterocycles. The van der Waals surface area contributed by atoms with Gasteiger partial charge in [0.15, 0.2) is 0 Å². The number of hydrogen-bond acceptors (Lipinski definition) is 6. The van der Waals surface area contributed by atoms with E-state index in [1.165, 1.54) is 12.1 Å². The Morgan fingerprint density at radius 3 is 1.67 bits per heavy atom. The minimum atomic E-state index is -5.15. The van der Waals surface area contributed by atoms with Crippen LogP contribution in [0.25, 0.3) is 4.13 Å². The molecule has 2 aromatic rings. The number of benzene rings is 2. The summed E-state index contributed by atoms with van der Waals surface area (Å²) in [5, 5.41) is 18.3. The Hall–Kier alpha value is -1.12. The summed E-state index contributed by atoms with van der Waals surface area (Å²) >= 11 is 0. The molecule has 2 rings (SSSR count). The van der Waals surface area contributed by atoms with Gasteiger partial charge >= 0.3 is 63.3 Å². The van der Waals surface area contributed by atoms with E-state index >= 15 is 0 Å². The van der Waals surface area contributed by atoms with Crippen LogP contribution in [-0.4, -0.2) is 39.0 Å². The van der Waals surface area contributed by atoms with Crippen LogP contribution in [-0.2, 0) is 20.0 Å². The molecule has 0 aliphatic rings. The molecule has 0 unspecified atom stereocenters. The maximum absolute atomic E-state index is 12.5. The Bertz CT molecular complexity index is 1060. The Labute approximate surface area is 197 Å². The first-order valence-electron chi connectivity index (χ1n) is 6.86. The van der Waals surface area contributed by atoms with E-state index in [1.54, 1.807) is 6.92 Å². The SMILES string of the molecule is Cc1ccc(S(=O)(=O)[N-]S(=O)(=O)c2c(C(=O)O)cccc2C(=O)O)cc1.[K+]. The van der Waals surface area contributed by atoms with Crippen LogP contribution >= 0.6 is 0 Å². The van der Waals surface area contributed by atoms with Gasteiger partial charge in [-0.1, -0.05) is 23.8 Å². The molecule has 0 radical (unpaired) electrons. The van der Waals surface area contributed by atoms with Crippen LogP contribution in [0, 0.1) is 6.92 Å². The monoisotopic (exact) mass is 437 g/mol. The molecule has 0 amide bonds. The third-order valence-electron chi connectivity index (χ3n) is 3.25. The third-order valence-corrected chi connectivity index (χ3v) is 6.64. The predicted octanol–water partition coefficient (Wildman–Crippen LogP) is -1.15. The maximum Gasteiger partial charge on any atom is 1.00 e. The first kappa shape index (κ1) is 23.9. The fraction of sp³-hybridized carbons (Fsp3) is 0.0667.